The van der Waals surface area contributed by atoms with Crippen LogP contribution in [0.25, 0.3) is 0 Å². The summed E-state index contributed by atoms with van der Waals surface area (Å²) in [5.74, 6) is 5.98. The molecule has 4 nitrogen and oxygen atoms in total. The zero-order valence-corrected chi connectivity index (χ0v) is 15.6. The van der Waals surface area contributed by atoms with Gasteiger partial charge in [0, 0.05) is 18.6 Å². The van der Waals surface area contributed by atoms with E-state index in [2.05, 4.69) is 11.8 Å². The first-order valence-electron chi connectivity index (χ1n) is 8.88. The molecule has 2 aromatic rings. The molecule has 0 radical (unpaired) electrons. The molecule has 0 saturated carbocycles. The van der Waals surface area contributed by atoms with Crippen LogP contribution in [-0.2, 0) is 16.0 Å². The molecule has 0 bridgehead atoms. The molecule has 1 atom stereocenters. The van der Waals surface area contributed by atoms with Gasteiger partial charge in [-0.25, -0.2) is 4.79 Å². The number of allylic oxidation sites excluding steroid dienone is 1. The Morgan fingerprint density at radius 1 is 1.15 bits per heavy atom. The summed E-state index contributed by atoms with van der Waals surface area (Å²) in [5, 5.41) is 9.14. The maximum Gasteiger partial charge on any atom is 0.333 e. The molecule has 0 saturated heterocycles. The van der Waals surface area contributed by atoms with Gasteiger partial charge in [-0.2, -0.15) is 0 Å². The largest absolute Gasteiger partial charge is 0.490 e. The standard InChI is InChI=1S/C23H24O4/c1-3-26-22(23(24)25)17-20-11-13-21(14-12-20)27-16-15-18(2)9-10-19-7-5-4-6-8-19/h4-8,11-15,22H,3,16-17H2,1-2H3,(H,24,25)/b18-15-/t22-/m0/s1. The van der Waals surface area contributed by atoms with Crippen molar-refractivity contribution in [3.8, 4) is 17.6 Å². The third-order valence-corrected chi connectivity index (χ3v) is 3.81. The number of aliphatic carboxylic acids is 1. The summed E-state index contributed by atoms with van der Waals surface area (Å²) < 4.78 is 10.9. The lowest BCUT2D eigenvalue weighted by Gasteiger charge is -2.12. The fourth-order valence-corrected chi connectivity index (χ4v) is 2.36. The molecule has 0 aliphatic carbocycles. The molecule has 0 aromatic heterocycles. The summed E-state index contributed by atoms with van der Waals surface area (Å²) in [6.45, 7) is 4.52. The average Bonchev–Trinajstić information content (AvgIpc) is 2.68. The summed E-state index contributed by atoms with van der Waals surface area (Å²) >= 11 is 0. The number of ether oxygens (including phenoxy) is 2. The van der Waals surface area contributed by atoms with Crippen molar-refractivity contribution in [1.29, 1.82) is 0 Å². The highest BCUT2D eigenvalue weighted by Gasteiger charge is 2.17. The van der Waals surface area contributed by atoms with E-state index in [-0.39, 0.29) is 0 Å². The van der Waals surface area contributed by atoms with Gasteiger partial charge in [-0.1, -0.05) is 42.2 Å². The van der Waals surface area contributed by atoms with Gasteiger partial charge in [-0.05, 0) is 55.3 Å². The summed E-state index contributed by atoms with van der Waals surface area (Å²) in [6, 6.07) is 17.2. The molecular weight excluding hydrogens is 340 g/mol. The number of hydrogen-bond donors (Lipinski definition) is 1. The molecule has 0 fully saturated rings. The number of carboxylic acids is 1. The summed E-state index contributed by atoms with van der Waals surface area (Å²) in [4.78, 5) is 11.1. The van der Waals surface area contributed by atoms with E-state index in [0.717, 1.165) is 22.4 Å². The molecule has 0 unspecified atom stereocenters. The summed E-state index contributed by atoms with van der Waals surface area (Å²) in [7, 11) is 0. The van der Waals surface area contributed by atoms with Crippen LogP contribution in [0.15, 0.2) is 66.2 Å². The van der Waals surface area contributed by atoms with Gasteiger partial charge >= 0.3 is 5.97 Å². The Morgan fingerprint density at radius 2 is 1.85 bits per heavy atom. The van der Waals surface area contributed by atoms with Crippen molar-refractivity contribution < 1.29 is 19.4 Å². The molecule has 0 aliphatic rings. The van der Waals surface area contributed by atoms with E-state index in [1.54, 1.807) is 6.92 Å². The third kappa shape index (κ3) is 7.39. The second kappa shape index (κ2) is 10.8. The van der Waals surface area contributed by atoms with Crippen molar-refractivity contribution in [3.05, 3.63) is 77.4 Å². The van der Waals surface area contributed by atoms with E-state index in [1.807, 2.05) is 67.6 Å². The normalized spacial score (nSPS) is 12.0. The fraction of sp³-hybridized carbons (Fsp3) is 0.261. The molecule has 4 heteroatoms. The van der Waals surface area contributed by atoms with Crippen LogP contribution in [0.5, 0.6) is 5.75 Å². The van der Waals surface area contributed by atoms with Crippen molar-refractivity contribution in [1.82, 2.24) is 0 Å². The predicted octanol–water partition coefficient (Wildman–Crippen LogP) is 4.10. The van der Waals surface area contributed by atoms with Crippen molar-refractivity contribution >= 4 is 5.97 Å². The van der Waals surface area contributed by atoms with Crippen molar-refractivity contribution in [2.45, 2.75) is 26.4 Å². The molecule has 0 aliphatic heterocycles. The minimum absolute atomic E-state index is 0.331. The van der Waals surface area contributed by atoms with Gasteiger partial charge in [0.15, 0.2) is 6.10 Å². The zero-order chi connectivity index (χ0) is 19.5. The lowest BCUT2D eigenvalue weighted by atomic mass is 10.1. The molecule has 27 heavy (non-hydrogen) atoms. The average molecular weight is 364 g/mol. The molecule has 0 spiro atoms. The minimum Gasteiger partial charge on any atom is -0.490 e. The molecular formula is C23H24O4. The van der Waals surface area contributed by atoms with Crippen LogP contribution in [0.1, 0.15) is 25.0 Å². The first-order valence-corrected chi connectivity index (χ1v) is 8.88. The van der Waals surface area contributed by atoms with Crippen LogP contribution in [0.2, 0.25) is 0 Å². The Labute approximate surface area is 160 Å². The monoisotopic (exact) mass is 364 g/mol. The quantitative estimate of drug-likeness (QED) is 0.717. The maximum atomic E-state index is 11.1. The number of hydrogen-bond acceptors (Lipinski definition) is 3. The smallest absolute Gasteiger partial charge is 0.333 e. The first kappa shape index (κ1) is 20.3. The Kier molecular flexibility index (Phi) is 8.15. The number of rotatable bonds is 8. The minimum atomic E-state index is -0.950. The third-order valence-electron chi connectivity index (χ3n) is 3.81. The van der Waals surface area contributed by atoms with E-state index in [4.69, 9.17) is 14.6 Å². The second-order valence-electron chi connectivity index (χ2n) is 5.94. The highest BCUT2D eigenvalue weighted by Crippen LogP contribution is 2.15. The van der Waals surface area contributed by atoms with E-state index < -0.39 is 12.1 Å². The molecule has 0 heterocycles. The maximum absolute atomic E-state index is 11.1. The summed E-state index contributed by atoms with van der Waals surface area (Å²) in [5.41, 5.74) is 2.81. The van der Waals surface area contributed by atoms with Crippen molar-refractivity contribution in [3.63, 3.8) is 0 Å². The van der Waals surface area contributed by atoms with Gasteiger partial charge in [0.05, 0.1) is 0 Å². The van der Waals surface area contributed by atoms with Gasteiger partial charge in [0.1, 0.15) is 12.4 Å². The highest BCUT2D eigenvalue weighted by molar-refractivity contribution is 5.72. The Morgan fingerprint density at radius 3 is 2.48 bits per heavy atom. The molecule has 2 rings (SSSR count). The van der Waals surface area contributed by atoms with Crippen LogP contribution in [0.3, 0.4) is 0 Å². The molecule has 140 valence electrons. The Balaban J connectivity index is 1.86. The van der Waals surface area contributed by atoms with Gasteiger partial charge in [-0.3, -0.25) is 0 Å². The predicted molar refractivity (Wildman–Crippen MR) is 106 cm³/mol. The van der Waals surface area contributed by atoms with Gasteiger partial charge in [0.25, 0.3) is 0 Å². The zero-order valence-electron chi connectivity index (χ0n) is 15.6. The topological polar surface area (TPSA) is 55.8 Å². The van der Waals surface area contributed by atoms with Gasteiger partial charge < -0.3 is 14.6 Å². The Bertz CT molecular complexity index is 811. The molecule has 1 N–H and O–H groups in total. The highest BCUT2D eigenvalue weighted by atomic mass is 16.5. The van der Waals surface area contributed by atoms with Gasteiger partial charge in [0.2, 0.25) is 0 Å². The van der Waals surface area contributed by atoms with Crippen LogP contribution in [-0.4, -0.2) is 30.4 Å². The lowest BCUT2D eigenvalue weighted by Crippen LogP contribution is -2.26. The number of benzene rings is 2. The summed E-state index contributed by atoms with van der Waals surface area (Å²) in [6.07, 6.45) is 1.44. The van der Waals surface area contributed by atoms with Crippen molar-refractivity contribution in [2.24, 2.45) is 0 Å². The van der Waals surface area contributed by atoms with E-state index in [1.165, 1.54) is 0 Å². The SMILES string of the molecule is CCO[C@@H](Cc1ccc(OC/C=C(/C)C#Cc2ccccc2)cc1)C(=O)O. The first-order chi connectivity index (χ1) is 13.1. The lowest BCUT2D eigenvalue weighted by molar-refractivity contribution is -0.149. The van der Waals surface area contributed by atoms with Crippen molar-refractivity contribution in [2.75, 3.05) is 13.2 Å². The van der Waals surface area contributed by atoms with E-state index >= 15 is 0 Å². The Hall–Kier alpha value is -3.03. The van der Waals surface area contributed by atoms with Gasteiger partial charge in [-0.15, -0.1) is 0 Å². The van der Waals surface area contributed by atoms with E-state index in [9.17, 15) is 4.79 Å². The van der Waals surface area contributed by atoms with Crippen LogP contribution >= 0.6 is 0 Å². The van der Waals surface area contributed by atoms with E-state index in [0.29, 0.717) is 19.6 Å². The molecule has 2 aromatic carbocycles. The fourth-order valence-electron chi connectivity index (χ4n) is 2.36. The van der Waals surface area contributed by atoms with Crippen LogP contribution in [0, 0.1) is 11.8 Å². The number of carboxylic acid groups (broad SMARTS) is 1. The number of carbonyl (C=O) groups is 1. The second-order valence-corrected chi connectivity index (χ2v) is 5.94. The molecule has 0 amide bonds. The van der Waals surface area contributed by atoms with Crippen LogP contribution < -0.4 is 4.74 Å². The van der Waals surface area contributed by atoms with Crippen LogP contribution in [0.4, 0.5) is 0 Å².